The summed E-state index contributed by atoms with van der Waals surface area (Å²) in [6.07, 6.45) is 2.07. The molecule has 1 aromatic rings. The quantitative estimate of drug-likeness (QED) is 0.650. The average molecular weight is 348 g/mol. The van der Waals surface area contributed by atoms with Gasteiger partial charge in [-0.2, -0.15) is 0 Å². The van der Waals surface area contributed by atoms with E-state index in [1.807, 2.05) is 4.98 Å². The second-order valence-corrected chi connectivity index (χ2v) is 4.97. The number of hydrogen-bond acceptors (Lipinski definition) is 4. The first-order valence-corrected chi connectivity index (χ1v) is 6.66. The Balaban J connectivity index is 2.81. The first kappa shape index (κ1) is 16.2. The van der Waals surface area contributed by atoms with Crippen molar-refractivity contribution in [2.75, 3.05) is 0 Å². The van der Waals surface area contributed by atoms with Gasteiger partial charge in [-0.15, -0.1) is 0 Å². The van der Waals surface area contributed by atoms with Gasteiger partial charge in [0.1, 0.15) is 12.6 Å². The van der Waals surface area contributed by atoms with Crippen LogP contribution < -0.4 is 16.6 Å². The molecule has 1 unspecified atom stereocenters. The monoisotopic (exact) mass is 347 g/mol. The van der Waals surface area contributed by atoms with Crippen LogP contribution in [0.2, 0.25) is 0 Å². The standard InChI is InChI=1S/C11H14BrN3O5/c1-2-3-7(10(18)19)13-8(16)5-15-4-6(12)9(17)14-11(15)20/h4,7H,2-3,5H2,1H3,(H,13,16)(H,18,19)(H,14,17,20). The third kappa shape index (κ3) is 4.34. The number of H-pyrrole nitrogens is 1. The normalized spacial score (nSPS) is 11.9. The minimum Gasteiger partial charge on any atom is -0.480 e. The number of carbonyl (C=O) groups is 2. The van der Waals surface area contributed by atoms with E-state index in [1.165, 1.54) is 6.20 Å². The third-order valence-electron chi connectivity index (χ3n) is 2.49. The Morgan fingerprint density at radius 3 is 2.70 bits per heavy atom. The molecule has 20 heavy (non-hydrogen) atoms. The largest absolute Gasteiger partial charge is 0.480 e. The summed E-state index contributed by atoms with van der Waals surface area (Å²) in [6, 6.07) is -0.991. The van der Waals surface area contributed by atoms with Gasteiger partial charge in [-0.05, 0) is 22.4 Å². The van der Waals surface area contributed by atoms with Crippen LogP contribution in [0.3, 0.4) is 0 Å². The maximum Gasteiger partial charge on any atom is 0.328 e. The summed E-state index contributed by atoms with van der Waals surface area (Å²) in [5, 5.41) is 11.2. The van der Waals surface area contributed by atoms with E-state index < -0.39 is 29.2 Å². The number of aliphatic carboxylic acids is 1. The van der Waals surface area contributed by atoms with Gasteiger partial charge in [-0.3, -0.25) is 19.1 Å². The van der Waals surface area contributed by atoms with E-state index >= 15 is 0 Å². The van der Waals surface area contributed by atoms with Gasteiger partial charge in [-0.25, -0.2) is 9.59 Å². The van der Waals surface area contributed by atoms with E-state index in [1.54, 1.807) is 6.92 Å². The lowest BCUT2D eigenvalue weighted by atomic mass is 10.1. The van der Waals surface area contributed by atoms with E-state index in [4.69, 9.17) is 5.11 Å². The Kier molecular flexibility index (Phi) is 5.68. The second-order valence-electron chi connectivity index (χ2n) is 4.11. The molecular formula is C11H14BrN3O5. The Morgan fingerprint density at radius 1 is 1.50 bits per heavy atom. The lowest BCUT2D eigenvalue weighted by Crippen LogP contribution is -2.43. The molecule has 0 aromatic carbocycles. The molecule has 1 rings (SSSR count). The molecule has 1 aromatic heterocycles. The molecule has 0 spiro atoms. The summed E-state index contributed by atoms with van der Waals surface area (Å²) in [6.45, 7) is 1.42. The molecule has 0 bridgehead atoms. The zero-order chi connectivity index (χ0) is 15.3. The van der Waals surface area contributed by atoms with Crippen LogP contribution in [0.15, 0.2) is 20.3 Å². The summed E-state index contributed by atoms with van der Waals surface area (Å²) < 4.78 is 1.08. The van der Waals surface area contributed by atoms with Crippen LogP contribution in [0.4, 0.5) is 0 Å². The van der Waals surface area contributed by atoms with Gasteiger partial charge in [0.05, 0.1) is 4.47 Å². The van der Waals surface area contributed by atoms with Crippen LogP contribution in [0.5, 0.6) is 0 Å². The highest BCUT2D eigenvalue weighted by molar-refractivity contribution is 9.10. The zero-order valence-corrected chi connectivity index (χ0v) is 12.3. The second kappa shape index (κ2) is 7.04. The third-order valence-corrected chi connectivity index (χ3v) is 3.06. The molecule has 0 saturated heterocycles. The molecule has 9 heteroatoms. The number of rotatable bonds is 6. The number of carboxylic acid groups (broad SMARTS) is 1. The highest BCUT2D eigenvalue weighted by Gasteiger charge is 2.19. The molecule has 3 N–H and O–H groups in total. The van der Waals surface area contributed by atoms with Crippen molar-refractivity contribution in [3.8, 4) is 0 Å². The van der Waals surface area contributed by atoms with Gasteiger partial charge >= 0.3 is 11.7 Å². The van der Waals surface area contributed by atoms with Crippen molar-refractivity contribution < 1.29 is 14.7 Å². The Hall–Kier alpha value is -1.90. The molecule has 8 nitrogen and oxygen atoms in total. The van der Waals surface area contributed by atoms with Crippen LogP contribution in [0.25, 0.3) is 0 Å². The molecule has 1 heterocycles. The van der Waals surface area contributed by atoms with Crippen LogP contribution in [-0.4, -0.2) is 32.6 Å². The zero-order valence-electron chi connectivity index (χ0n) is 10.7. The molecular weight excluding hydrogens is 334 g/mol. The van der Waals surface area contributed by atoms with Crippen molar-refractivity contribution in [2.45, 2.75) is 32.4 Å². The Bertz CT molecular complexity index is 621. The van der Waals surface area contributed by atoms with Crippen LogP contribution in [0, 0.1) is 0 Å². The summed E-state index contributed by atoms with van der Waals surface area (Å²) in [5.41, 5.74) is -1.34. The van der Waals surface area contributed by atoms with Gasteiger partial charge in [0.2, 0.25) is 5.91 Å². The van der Waals surface area contributed by atoms with Gasteiger partial charge in [0.25, 0.3) is 5.56 Å². The van der Waals surface area contributed by atoms with Crippen molar-refractivity contribution in [2.24, 2.45) is 0 Å². The predicted molar refractivity (Wildman–Crippen MR) is 73.5 cm³/mol. The molecule has 1 amide bonds. The van der Waals surface area contributed by atoms with E-state index in [0.29, 0.717) is 12.8 Å². The van der Waals surface area contributed by atoms with Crippen molar-refractivity contribution in [3.63, 3.8) is 0 Å². The number of nitrogens with one attached hydrogen (secondary N) is 2. The number of nitrogens with zero attached hydrogens (tertiary/aromatic N) is 1. The van der Waals surface area contributed by atoms with Crippen molar-refractivity contribution >= 4 is 27.8 Å². The van der Waals surface area contributed by atoms with Crippen LogP contribution in [0.1, 0.15) is 19.8 Å². The molecule has 1 atom stereocenters. The van der Waals surface area contributed by atoms with Crippen molar-refractivity contribution in [1.29, 1.82) is 0 Å². The Labute approximate surface area is 121 Å². The smallest absolute Gasteiger partial charge is 0.328 e. The van der Waals surface area contributed by atoms with E-state index in [2.05, 4.69) is 21.2 Å². The van der Waals surface area contributed by atoms with Crippen LogP contribution >= 0.6 is 15.9 Å². The lowest BCUT2D eigenvalue weighted by Gasteiger charge is -2.14. The number of carboxylic acids is 1. The fourth-order valence-corrected chi connectivity index (χ4v) is 1.89. The van der Waals surface area contributed by atoms with Crippen LogP contribution in [-0.2, 0) is 16.1 Å². The minimum atomic E-state index is -1.13. The minimum absolute atomic E-state index is 0.105. The first-order chi connectivity index (χ1) is 9.35. The van der Waals surface area contributed by atoms with Gasteiger partial charge in [0, 0.05) is 6.20 Å². The topological polar surface area (TPSA) is 121 Å². The fourth-order valence-electron chi connectivity index (χ4n) is 1.54. The highest BCUT2D eigenvalue weighted by atomic mass is 79.9. The average Bonchev–Trinajstić information content (AvgIpc) is 2.35. The van der Waals surface area contributed by atoms with Gasteiger partial charge in [-0.1, -0.05) is 13.3 Å². The molecule has 0 aliphatic carbocycles. The molecule has 0 aliphatic heterocycles. The molecule has 0 fully saturated rings. The number of hydrogen-bond donors (Lipinski definition) is 3. The van der Waals surface area contributed by atoms with Gasteiger partial charge < -0.3 is 10.4 Å². The highest BCUT2D eigenvalue weighted by Crippen LogP contribution is 1.99. The summed E-state index contributed by atoms with van der Waals surface area (Å²) in [7, 11) is 0. The van der Waals surface area contributed by atoms with Crippen molar-refractivity contribution in [3.05, 3.63) is 31.5 Å². The molecule has 0 aliphatic rings. The van der Waals surface area contributed by atoms with Gasteiger partial charge in [0.15, 0.2) is 0 Å². The summed E-state index contributed by atoms with van der Waals surface area (Å²) in [4.78, 5) is 47.2. The maximum absolute atomic E-state index is 11.7. The molecule has 110 valence electrons. The predicted octanol–water partition coefficient (Wildman–Crippen LogP) is -0.331. The fraction of sp³-hybridized carbons (Fsp3) is 0.455. The molecule has 0 saturated carbocycles. The number of amides is 1. The Morgan fingerprint density at radius 2 is 2.15 bits per heavy atom. The van der Waals surface area contributed by atoms with Crippen molar-refractivity contribution in [1.82, 2.24) is 14.9 Å². The number of aromatic nitrogens is 2. The van der Waals surface area contributed by atoms with E-state index in [-0.39, 0.29) is 11.0 Å². The first-order valence-electron chi connectivity index (χ1n) is 5.86. The SMILES string of the molecule is CCCC(NC(=O)Cn1cc(Br)c(=O)[nH]c1=O)C(=O)O. The summed E-state index contributed by atoms with van der Waals surface area (Å²) >= 11 is 2.94. The summed E-state index contributed by atoms with van der Waals surface area (Å²) in [5.74, 6) is -1.75. The lowest BCUT2D eigenvalue weighted by molar-refractivity contribution is -0.142. The number of halogens is 1. The molecule has 0 radical (unpaired) electrons. The number of carbonyl (C=O) groups excluding carboxylic acids is 1. The number of aromatic amines is 1. The van der Waals surface area contributed by atoms with E-state index in [0.717, 1.165) is 4.57 Å². The van der Waals surface area contributed by atoms with E-state index in [9.17, 15) is 19.2 Å². The maximum atomic E-state index is 11.7.